The van der Waals surface area contributed by atoms with Crippen LogP contribution < -0.4 is 15.2 Å². The number of piperidine rings is 1. The summed E-state index contributed by atoms with van der Waals surface area (Å²) in [4.78, 5) is 11.6. The van der Waals surface area contributed by atoms with Gasteiger partial charge in [0.1, 0.15) is 23.7 Å². The van der Waals surface area contributed by atoms with Crippen molar-refractivity contribution in [1.29, 1.82) is 0 Å². The zero-order chi connectivity index (χ0) is 25.2. The first-order valence-corrected chi connectivity index (χ1v) is 12.9. The summed E-state index contributed by atoms with van der Waals surface area (Å²) >= 11 is 0. The third-order valence-electron chi connectivity index (χ3n) is 6.47. The number of ether oxygens (including phenoxy) is 1. The minimum absolute atomic E-state index is 0.105. The largest absolute Gasteiger partial charge is 0.490 e. The molecule has 0 amide bonds. The average Bonchev–Trinajstić information content (AvgIpc) is 3.27. The maximum Gasteiger partial charge on any atom is 0.434 e. The van der Waals surface area contributed by atoms with Crippen molar-refractivity contribution in [3.63, 3.8) is 0 Å². The molecule has 1 aliphatic rings. The predicted molar refractivity (Wildman–Crippen MR) is 128 cm³/mol. The van der Waals surface area contributed by atoms with E-state index in [1.54, 1.807) is 19.9 Å². The fourth-order valence-corrected chi connectivity index (χ4v) is 5.85. The lowest BCUT2D eigenvalue weighted by molar-refractivity contribution is 0.134. The van der Waals surface area contributed by atoms with Gasteiger partial charge in [0, 0.05) is 19.0 Å². The summed E-state index contributed by atoms with van der Waals surface area (Å²) in [5, 5.41) is 6.00. The van der Waals surface area contributed by atoms with Gasteiger partial charge in [-0.1, -0.05) is 31.2 Å². The summed E-state index contributed by atoms with van der Waals surface area (Å²) in [6, 6.07) is 11.3. The molecule has 0 saturated carbocycles. The van der Waals surface area contributed by atoms with Crippen LogP contribution in [0.15, 0.2) is 51.7 Å². The minimum Gasteiger partial charge on any atom is -0.490 e. The molecular formula is C24H29FN4O5S. The quantitative estimate of drug-likeness (QED) is 0.486. The molecule has 2 atom stereocenters. The topological polar surface area (TPSA) is 118 Å². The number of hydrogen-bond acceptors (Lipinski definition) is 6. The molecule has 1 saturated heterocycles. The summed E-state index contributed by atoms with van der Waals surface area (Å²) in [6.07, 6.45) is 0.921. The SMILES string of the molecule is Cc1ccc(F)c([C@H](C)[C@H](NS(=O)(=O)N2CCC(Oc3ccccc3)CC2)c2n[nH]c(=O)o2)c1C. The zero-order valence-electron chi connectivity index (χ0n) is 19.8. The number of aromatic amines is 1. The molecule has 0 aliphatic carbocycles. The van der Waals surface area contributed by atoms with E-state index in [1.165, 1.54) is 10.4 Å². The Balaban J connectivity index is 1.53. The molecule has 2 N–H and O–H groups in total. The van der Waals surface area contributed by atoms with Crippen LogP contribution in [-0.4, -0.2) is 42.1 Å². The first-order chi connectivity index (χ1) is 16.7. The Morgan fingerprint density at radius 2 is 1.86 bits per heavy atom. The van der Waals surface area contributed by atoms with Crippen LogP contribution in [0.4, 0.5) is 4.39 Å². The predicted octanol–water partition coefficient (Wildman–Crippen LogP) is 3.34. The van der Waals surface area contributed by atoms with Crippen LogP contribution >= 0.6 is 0 Å². The van der Waals surface area contributed by atoms with Crippen LogP contribution in [0, 0.1) is 19.7 Å². The van der Waals surface area contributed by atoms with Gasteiger partial charge in [0.25, 0.3) is 10.2 Å². The molecule has 0 unspecified atom stereocenters. The van der Waals surface area contributed by atoms with Gasteiger partial charge in [-0.2, -0.15) is 17.4 Å². The molecule has 1 aromatic heterocycles. The molecule has 35 heavy (non-hydrogen) atoms. The second kappa shape index (κ2) is 10.3. The van der Waals surface area contributed by atoms with Crippen molar-refractivity contribution in [3.05, 3.63) is 81.4 Å². The van der Waals surface area contributed by atoms with Crippen molar-refractivity contribution < 1.29 is 22.0 Å². The number of aryl methyl sites for hydroxylation is 1. The lowest BCUT2D eigenvalue weighted by Crippen LogP contribution is -2.48. The highest BCUT2D eigenvalue weighted by Crippen LogP contribution is 2.35. The van der Waals surface area contributed by atoms with Gasteiger partial charge < -0.3 is 9.15 Å². The Hall–Kier alpha value is -3.02. The molecular weight excluding hydrogens is 475 g/mol. The number of rotatable bonds is 8. The highest BCUT2D eigenvalue weighted by atomic mass is 32.2. The van der Waals surface area contributed by atoms with Crippen LogP contribution in [-0.2, 0) is 10.2 Å². The van der Waals surface area contributed by atoms with E-state index >= 15 is 0 Å². The van der Waals surface area contributed by atoms with Gasteiger partial charge in [-0.15, -0.1) is 5.10 Å². The van der Waals surface area contributed by atoms with Gasteiger partial charge >= 0.3 is 5.76 Å². The van der Waals surface area contributed by atoms with Crippen LogP contribution in [0.2, 0.25) is 0 Å². The summed E-state index contributed by atoms with van der Waals surface area (Å²) < 4.78 is 56.5. The van der Waals surface area contributed by atoms with Gasteiger partial charge in [0.05, 0.1) is 0 Å². The standard InChI is InChI=1S/C24H29FN4O5S/c1-15-9-10-20(25)21(16(15)2)17(3)22(23-26-27-24(30)34-23)28-35(31,32)29-13-11-19(12-14-29)33-18-7-5-4-6-8-18/h4-10,17,19,22,28H,11-14H2,1-3H3,(H,27,30)/t17-,22-/m0/s1. The van der Waals surface area contributed by atoms with Crippen molar-refractivity contribution in [2.75, 3.05) is 13.1 Å². The monoisotopic (exact) mass is 504 g/mol. The average molecular weight is 505 g/mol. The second-order valence-electron chi connectivity index (χ2n) is 8.77. The Kier molecular flexibility index (Phi) is 7.39. The maximum atomic E-state index is 14.8. The second-order valence-corrected chi connectivity index (χ2v) is 10.5. The summed E-state index contributed by atoms with van der Waals surface area (Å²) in [5.74, 6) is -1.42. The summed E-state index contributed by atoms with van der Waals surface area (Å²) in [6.45, 7) is 5.79. The number of para-hydroxylation sites is 1. The first-order valence-electron chi connectivity index (χ1n) is 11.5. The number of nitrogens with one attached hydrogen (secondary N) is 2. The van der Waals surface area contributed by atoms with E-state index in [2.05, 4.69) is 14.9 Å². The van der Waals surface area contributed by atoms with Crippen molar-refractivity contribution in [3.8, 4) is 5.75 Å². The van der Waals surface area contributed by atoms with Crippen molar-refractivity contribution in [2.24, 2.45) is 0 Å². The zero-order valence-corrected chi connectivity index (χ0v) is 20.6. The number of benzene rings is 2. The Labute approximate surface area is 203 Å². The first kappa shape index (κ1) is 25.1. The van der Waals surface area contributed by atoms with Gasteiger partial charge in [-0.05, 0) is 61.6 Å². The van der Waals surface area contributed by atoms with E-state index in [-0.39, 0.29) is 25.1 Å². The van der Waals surface area contributed by atoms with Crippen LogP contribution in [0.3, 0.4) is 0 Å². The molecule has 188 valence electrons. The van der Waals surface area contributed by atoms with E-state index in [1.807, 2.05) is 37.3 Å². The highest BCUT2D eigenvalue weighted by molar-refractivity contribution is 7.87. The smallest absolute Gasteiger partial charge is 0.434 e. The van der Waals surface area contributed by atoms with Crippen molar-refractivity contribution in [1.82, 2.24) is 19.2 Å². The van der Waals surface area contributed by atoms with Crippen molar-refractivity contribution in [2.45, 2.75) is 51.7 Å². The van der Waals surface area contributed by atoms with E-state index in [4.69, 9.17) is 9.15 Å². The van der Waals surface area contributed by atoms with E-state index < -0.39 is 33.7 Å². The van der Waals surface area contributed by atoms with Crippen LogP contribution in [0.25, 0.3) is 0 Å². The molecule has 9 nitrogen and oxygen atoms in total. The number of nitrogens with zero attached hydrogens (tertiary/aromatic N) is 2. The Bertz CT molecular complexity index is 1320. The van der Waals surface area contributed by atoms with Crippen LogP contribution in [0.5, 0.6) is 5.75 Å². The normalized spacial score (nSPS) is 17.3. The molecule has 11 heteroatoms. The molecule has 0 spiro atoms. The van der Waals surface area contributed by atoms with Gasteiger partial charge in [-0.3, -0.25) is 0 Å². The number of H-pyrrole nitrogens is 1. The van der Waals surface area contributed by atoms with Crippen LogP contribution in [0.1, 0.15) is 54.3 Å². The molecule has 0 radical (unpaired) electrons. The lowest BCUT2D eigenvalue weighted by atomic mass is 9.88. The Morgan fingerprint density at radius 3 is 2.49 bits per heavy atom. The molecule has 3 aromatic rings. The molecule has 1 aliphatic heterocycles. The third kappa shape index (κ3) is 5.63. The fraction of sp³-hybridized carbons (Fsp3) is 0.417. The van der Waals surface area contributed by atoms with E-state index in [9.17, 15) is 17.6 Å². The molecule has 4 rings (SSSR count). The van der Waals surface area contributed by atoms with E-state index in [0.29, 0.717) is 24.0 Å². The molecule has 1 fully saturated rings. The molecule has 2 aromatic carbocycles. The number of hydrogen-bond donors (Lipinski definition) is 2. The van der Waals surface area contributed by atoms with Gasteiger partial charge in [0.2, 0.25) is 5.89 Å². The molecule has 2 heterocycles. The van der Waals surface area contributed by atoms with Gasteiger partial charge in [-0.25, -0.2) is 14.3 Å². The van der Waals surface area contributed by atoms with Crippen molar-refractivity contribution >= 4 is 10.2 Å². The highest BCUT2D eigenvalue weighted by Gasteiger charge is 2.36. The summed E-state index contributed by atoms with van der Waals surface area (Å²) in [5.41, 5.74) is 1.88. The molecule has 0 bridgehead atoms. The third-order valence-corrected chi connectivity index (χ3v) is 8.07. The minimum atomic E-state index is -4.02. The summed E-state index contributed by atoms with van der Waals surface area (Å²) in [7, 11) is -4.02. The Morgan fingerprint density at radius 1 is 1.17 bits per heavy atom. The number of aromatic nitrogens is 2. The maximum absolute atomic E-state index is 14.8. The van der Waals surface area contributed by atoms with E-state index in [0.717, 1.165) is 11.3 Å². The lowest BCUT2D eigenvalue weighted by Gasteiger charge is -2.33. The number of halogens is 1. The van der Waals surface area contributed by atoms with Gasteiger partial charge in [0.15, 0.2) is 0 Å². The fourth-order valence-electron chi connectivity index (χ4n) is 4.39.